The van der Waals surface area contributed by atoms with E-state index in [0.29, 0.717) is 37.3 Å². The number of piperidine rings is 1. The van der Waals surface area contributed by atoms with Crippen LogP contribution in [-0.4, -0.2) is 39.7 Å². The van der Waals surface area contributed by atoms with Gasteiger partial charge in [0.05, 0.1) is 17.3 Å². The molecule has 8 heteroatoms. The Morgan fingerprint density at radius 3 is 2.79 bits per heavy atom. The summed E-state index contributed by atoms with van der Waals surface area (Å²) in [5, 5.41) is 13.9. The van der Waals surface area contributed by atoms with E-state index in [1.165, 1.54) is 6.07 Å². The van der Waals surface area contributed by atoms with E-state index in [1.807, 2.05) is 13.0 Å². The fraction of sp³-hybridized carbons (Fsp3) is 0.350. The summed E-state index contributed by atoms with van der Waals surface area (Å²) in [5.74, 6) is -0.217. The highest BCUT2D eigenvalue weighted by Gasteiger charge is 2.29. The Balaban J connectivity index is 1.62. The third-order valence-corrected chi connectivity index (χ3v) is 4.84. The van der Waals surface area contributed by atoms with Crippen molar-refractivity contribution in [3.8, 4) is 0 Å². The SMILES string of the molecule is Cc1ccc(NC(=O)C2CCCN(C(=O)Cc3ccccc3[N+](=O)[O-])C2)nc1. The zero-order valence-corrected chi connectivity index (χ0v) is 15.6. The molecule has 0 bridgehead atoms. The van der Waals surface area contributed by atoms with Crippen LogP contribution < -0.4 is 5.32 Å². The third kappa shape index (κ3) is 4.70. The fourth-order valence-electron chi connectivity index (χ4n) is 3.30. The Morgan fingerprint density at radius 2 is 2.07 bits per heavy atom. The highest BCUT2D eigenvalue weighted by atomic mass is 16.6. The number of para-hydroxylation sites is 1. The molecule has 8 nitrogen and oxygen atoms in total. The number of benzene rings is 1. The molecule has 0 spiro atoms. The van der Waals surface area contributed by atoms with Gasteiger partial charge in [-0.15, -0.1) is 0 Å². The van der Waals surface area contributed by atoms with Gasteiger partial charge >= 0.3 is 0 Å². The predicted octanol–water partition coefficient (Wildman–Crippen LogP) is 2.72. The van der Waals surface area contributed by atoms with Gasteiger partial charge in [-0.1, -0.05) is 24.3 Å². The second-order valence-electron chi connectivity index (χ2n) is 6.95. The van der Waals surface area contributed by atoms with E-state index in [0.717, 1.165) is 5.56 Å². The second-order valence-corrected chi connectivity index (χ2v) is 6.95. The Morgan fingerprint density at radius 1 is 1.29 bits per heavy atom. The van der Waals surface area contributed by atoms with Gasteiger partial charge in [-0.25, -0.2) is 4.98 Å². The molecule has 2 heterocycles. The number of likely N-dealkylation sites (tertiary alicyclic amines) is 1. The van der Waals surface area contributed by atoms with Crippen molar-refractivity contribution >= 4 is 23.3 Å². The molecule has 1 saturated heterocycles. The molecule has 2 amide bonds. The van der Waals surface area contributed by atoms with Crippen molar-refractivity contribution in [1.82, 2.24) is 9.88 Å². The predicted molar refractivity (Wildman–Crippen MR) is 104 cm³/mol. The maximum Gasteiger partial charge on any atom is 0.273 e. The third-order valence-electron chi connectivity index (χ3n) is 4.84. The quantitative estimate of drug-likeness (QED) is 0.632. The van der Waals surface area contributed by atoms with Crippen LogP contribution >= 0.6 is 0 Å². The van der Waals surface area contributed by atoms with Gasteiger partial charge in [0.25, 0.3) is 5.69 Å². The van der Waals surface area contributed by atoms with Crippen LogP contribution in [0.2, 0.25) is 0 Å². The number of nitro benzene ring substituents is 1. The first-order chi connectivity index (χ1) is 13.4. The maximum absolute atomic E-state index is 12.7. The van der Waals surface area contributed by atoms with Crippen LogP contribution in [0.5, 0.6) is 0 Å². The van der Waals surface area contributed by atoms with Gasteiger partial charge in [-0.2, -0.15) is 0 Å². The lowest BCUT2D eigenvalue weighted by atomic mass is 9.96. The van der Waals surface area contributed by atoms with E-state index < -0.39 is 4.92 Å². The number of hydrogen-bond donors (Lipinski definition) is 1. The molecule has 1 fully saturated rings. The van der Waals surface area contributed by atoms with E-state index >= 15 is 0 Å². The molecule has 1 aromatic heterocycles. The molecule has 3 rings (SSSR count). The summed E-state index contributed by atoms with van der Waals surface area (Å²) < 4.78 is 0. The van der Waals surface area contributed by atoms with Crippen molar-refractivity contribution in [3.05, 3.63) is 63.8 Å². The number of rotatable bonds is 5. The van der Waals surface area contributed by atoms with Crippen molar-refractivity contribution in [1.29, 1.82) is 0 Å². The van der Waals surface area contributed by atoms with Crippen LogP contribution in [0.15, 0.2) is 42.6 Å². The van der Waals surface area contributed by atoms with Gasteiger partial charge in [0.1, 0.15) is 5.82 Å². The Hall–Kier alpha value is -3.29. The topological polar surface area (TPSA) is 105 Å². The first-order valence-electron chi connectivity index (χ1n) is 9.17. The maximum atomic E-state index is 12.7. The summed E-state index contributed by atoms with van der Waals surface area (Å²) in [5.41, 5.74) is 1.32. The average molecular weight is 382 g/mol. The minimum atomic E-state index is -0.482. The number of nitro groups is 1. The normalized spacial score (nSPS) is 16.5. The largest absolute Gasteiger partial charge is 0.342 e. The molecule has 1 aliphatic rings. The van der Waals surface area contributed by atoms with E-state index in [1.54, 1.807) is 35.4 Å². The van der Waals surface area contributed by atoms with E-state index in [9.17, 15) is 19.7 Å². The van der Waals surface area contributed by atoms with Crippen LogP contribution in [-0.2, 0) is 16.0 Å². The summed E-state index contributed by atoms with van der Waals surface area (Å²) in [6, 6.07) is 9.85. The zero-order chi connectivity index (χ0) is 20.1. The van der Waals surface area contributed by atoms with Crippen LogP contribution in [0.3, 0.4) is 0 Å². The average Bonchev–Trinajstić information content (AvgIpc) is 2.70. The molecule has 0 radical (unpaired) electrons. The number of nitrogens with one attached hydrogen (secondary N) is 1. The molecule has 1 aliphatic heterocycles. The number of anilines is 1. The summed E-state index contributed by atoms with van der Waals surface area (Å²) in [4.78, 5) is 41.7. The minimum absolute atomic E-state index is 0.0506. The molecule has 0 saturated carbocycles. The molecule has 0 aliphatic carbocycles. The number of pyridine rings is 1. The first kappa shape index (κ1) is 19.5. The zero-order valence-electron chi connectivity index (χ0n) is 15.6. The van der Waals surface area contributed by atoms with Gasteiger partial charge in [0, 0.05) is 30.9 Å². The van der Waals surface area contributed by atoms with Crippen LogP contribution in [0.4, 0.5) is 11.5 Å². The lowest BCUT2D eigenvalue weighted by molar-refractivity contribution is -0.385. The molecule has 146 valence electrons. The van der Waals surface area contributed by atoms with Crippen molar-refractivity contribution in [2.75, 3.05) is 18.4 Å². The highest BCUT2D eigenvalue weighted by molar-refractivity contribution is 5.92. The van der Waals surface area contributed by atoms with Gasteiger partial charge < -0.3 is 10.2 Å². The number of nitrogens with zero attached hydrogens (tertiary/aromatic N) is 3. The number of aryl methyl sites for hydroxylation is 1. The number of carbonyl (C=O) groups excluding carboxylic acids is 2. The van der Waals surface area contributed by atoms with Crippen LogP contribution in [0.1, 0.15) is 24.0 Å². The molecular weight excluding hydrogens is 360 g/mol. The number of amides is 2. The van der Waals surface area contributed by atoms with Crippen molar-refractivity contribution in [2.24, 2.45) is 5.92 Å². The molecule has 1 atom stereocenters. The fourth-order valence-corrected chi connectivity index (χ4v) is 3.30. The molecule has 2 aromatic rings. The van der Waals surface area contributed by atoms with Crippen molar-refractivity contribution < 1.29 is 14.5 Å². The minimum Gasteiger partial charge on any atom is -0.342 e. The van der Waals surface area contributed by atoms with Gasteiger partial charge in [0.2, 0.25) is 11.8 Å². The van der Waals surface area contributed by atoms with E-state index in [4.69, 9.17) is 0 Å². The molecule has 1 aromatic carbocycles. The molecule has 1 N–H and O–H groups in total. The van der Waals surface area contributed by atoms with Crippen LogP contribution in [0.25, 0.3) is 0 Å². The number of aromatic nitrogens is 1. The number of carbonyl (C=O) groups is 2. The lowest BCUT2D eigenvalue weighted by Gasteiger charge is -2.32. The Kier molecular flexibility index (Phi) is 5.98. The Labute approximate surface area is 162 Å². The number of hydrogen-bond acceptors (Lipinski definition) is 5. The highest BCUT2D eigenvalue weighted by Crippen LogP contribution is 2.22. The summed E-state index contributed by atoms with van der Waals surface area (Å²) in [7, 11) is 0. The van der Waals surface area contributed by atoms with Gasteiger partial charge in [-0.05, 0) is 31.4 Å². The van der Waals surface area contributed by atoms with E-state index in [-0.39, 0.29) is 29.8 Å². The summed E-state index contributed by atoms with van der Waals surface area (Å²) in [6.45, 7) is 2.77. The van der Waals surface area contributed by atoms with Crippen LogP contribution in [0, 0.1) is 23.0 Å². The second kappa shape index (κ2) is 8.60. The van der Waals surface area contributed by atoms with Crippen molar-refractivity contribution in [2.45, 2.75) is 26.2 Å². The summed E-state index contributed by atoms with van der Waals surface area (Å²) in [6.07, 6.45) is 3.03. The van der Waals surface area contributed by atoms with E-state index in [2.05, 4.69) is 10.3 Å². The summed E-state index contributed by atoms with van der Waals surface area (Å²) >= 11 is 0. The molecular formula is C20H22N4O4. The van der Waals surface area contributed by atoms with Crippen molar-refractivity contribution in [3.63, 3.8) is 0 Å². The standard InChI is InChI=1S/C20H22N4O4/c1-14-8-9-18(21-12-14)22-20(26)16-6-4-10-23(13-16)19(25)11-15-5-2-3-7-17(15)24(27)28/h2-3,5,7-9,12,16H,4,6,10-11,13H2,1H3,(H,21,22,26). The van der Waals surface area contributed by atoms with Gasteiger partial charge in [0.15, 0.2) is 0 Å². The molecule has 1 unspecified atom stereocenters. The Bertz CT molecular complexity index is 882. The first-order valence-corrected chi connectivity index (χ1v) is 9.17. The van der Waals surface area contributed by atoms with Gasteiger partial charge in [-0.3, -0.25) is 19.7 Å². The smallest absolute Gasteiger partial charge is 0.273 e. The monoisotopic (exact) mass is 382 g/mol. The molecule has 28 heavy (non-hydrogen) atoms. The lowest BCUT2D eigenvalue weighted by Crippen LogP contribution is -2.44.